The maximum atomic E-state index is 12.2. The largest absolute Gasteiger partial charge is 0.482 e. The van der Waals surface area contributed by atoms with Gasteiger partial charge in [0.2, 0.25) is 10.0 Å². The van der Waals surface area contributed by atoms with Gasteiger partial charge in [-0.05, 0) is 42.8 Å². The lowest BCUT2D eigenvalue weighted by molar-refractivity contribution is -0.118. The van der Waals surface area contributed by atoms with Crippen LogP contribution >= 0.6 is 23.2 Å². The molecule has 152 valence electrons. The molecule has 0 radical (unpaired) electrons. The Balaban J connectivity index is 1.99. The molecular formula is C18H20Cl2N2O5S. The number of anilines is 1. The van der Waals surface area contributed by atoms with Gasteiger partial charge in [0.05, 0.1) is 16.5 Å². The first-order valence-corrected chi connectivity index (χ1v) is 10.4. The molecule has 2 rings (SSSR count). The molecule has 0 aliphatic rings. The third-order valence-corrected chi connectivity index (χ3v) is 5.63. The van der Waals surface area contributed by atoms with Gasteiger partial charge < -0.3 is 14.8 Å². The summed E-state index contributed by atoms with van der Waals surface area (Å²) in [5.74, 6) is -0.213. The van der Waals surface area contributed by atoms with Crippen LogP contribution in [0.2, 0.25) is 10.0 Å². The highest BCUT2D eigenvalue weighted by Gasteiger charge is 2.16. The van der Waals surface area contributed by atoms with E-state index < -0.39 is 15.9 Å². The minimum Gasteiger partial charge on any atom is -0.482 e. The van der Waals surface area contributed by atoms with Gasteiger partial charge in [0, 0.05) is 24.4 Å². The van der Waals surface area contributed by atoms with Crippen molar-refractivity contribution < 1.29 is 22.7 Å². The van der Waals surface area contributed by atoms with Crippen LogP contribution < -0.4 is 14.8 Å². The van der Waals surface area contributed by atoms with E-state index in [1.807, 2.05) is 6.92 Å². The van der Waals surface area contributed by atoms with Crippen LogP contribution in [0.1, 0.15) is 5.56 Å². The Bertz CT molecular complexity index is 951. The Morgan fingerprint density at radius 2 is 1.89 bits per heavy atom. The van der Waals surface area contributed by atoms with Crippen LogP contribution in [0.25, 0.3) is 0 Å². The highest BCUT2D eigenvalue weighted by molar-refractivity contribution is 7.89. The number of carbonyl (C=O) groups excluding carboxylic acids is 1. The van der Waals surface area contributed by atoms with Gasteiger partial charge in [0.1, 0.15) is 5.75 Å². The summed E-state index contributed by atoms with van der Waals surface area (Å²) in [6.07, 6.45) is 0. The number of hydrogen-bond donors (Lipinski definition) is 2. The predicted molar refractivity (Wildman–Crippen MR) is 109 cm³/mol. The number of benzene rings is 2. The number of rotatable bonds is 9. The van der Waals surface area contributed by atoms with Crippen molar-refractivity contribution in [2.24, 2.45) is 0 Å². The predicted octanol–water partition coefficient (Wildman–Crippen LogP) is 3.24. The minimum absolute atomic E-state index is 0.0139. The molecule has 0 saturated carbocycles. The topological polar surface area (TPSA) is 93.7 Å². The molecule has 0 aromatic heterocycles. The molecule has 1 amide bonds. The SMILES string of the molecule is COCCNS(=O)(=O)c1ccc(OCC(=O)Nc2cc(Cl)ccc2C)c(Cl)c1. The van der Waals surface area contributed by atoms with Crippen LogP contribution in [-0.4, -0.2) is 41.2 Å². The van der Waals surface area contributed by atoms with Gasteiger partial charge in [-0.15, -0.1) is 0 Å². The molecule has 0 bridgehead atoms. The quantitative estimate of drug-likeness (QED) is 0.576. The summed E-state index contributed by atoms with van der Waals surface area (Å²) in [7, 11) is -2.24. The van der Waals surface area contributed by atoms with Crippen LogP contribution in [0.4, 0.5) is 5.69 Å². The fourth-order valence-corrected chi connectivity index (χ4v) is 3.70. The molecule has 10 heteroatoms. The second kappa shape index (κ2) is 10.1. The summed E-state index contributed by atoms with van der Waals surface area (Å²) >= 11 is 12.0. The Hall–Kier alpha value is -1.84. The average molecular weight is 447 g/mol. The van der Waals surface area contributed by atoms with E-state index in [-0.39, 0.29) is 35.4 Å². The molecule has 2 aromatic rings. The summed E-state index contributed by atoms with van der Waals surface area (Å²) in [5.41, 5.74) is 1.43. The molecule has 2 N–H and O–H groups in total. The highest BCUT2D eigenvalue weighted by atomic mass is 35.5. The van der Waals surface area contributed by atoms with Gasteiger partial charge in [-0.25, -0.2) is 13.1 Å². The maximum absolute atomic E-state index is 12.2. The molecule has 0 saturated heterocycles. The van der Waals surface area contributed by atoms with Crippen LogP contribution in [0.3, 0.4) is 0 Å². The summed E-state index contributed by atoms with van der Waals surface area (Å²) < 4.78 is 36.9. The number of nitrogens with one attached hydrogen (secondary N) is 2. The molecule has 0 heterocycles. The average Bonchev–Trinajstić information content (AvgIpc) is 2.63. The smallest absolute Gasteiger partial charge is 0.262 e. The number of sulfonamides is 1. The van der Waals surface area contributed by atoms with Crippen molar-refractivity contribution in [1.82, 2.24) is 4.72 Å². The van der Waals surface area contributed by atoms with Gasteiger partial charge in [0.25, 0.3) is 5.91 Å². The van der Waals surface area contributed by atoms with Crippen LogP contribution in [-0.2, 0) is 19.6 Å². The summed E-state index contributed by atoms with van der Waals surface area (Å²) in [6, 6.07) is 9.14. The zero-order valence-electron chi connectivity index (χ0n) is 15.3. The third-order valence-electron chi connectivity index (χ3n) is 3.64. The Labute approximate surface area is 174 Å². The van der Waals surface area contributed by atoms with Crippen molar-refractivity contribution in [3.63, 3.8) is 0 Å². The molecular weight excluding hydrogens is 427 g/mol. The fraction of sp³-hybridized carbons (Fsp3) is 0.278. The van der Waals surface area contributed by atoms with Crippen molar-refractivity contribution in [3.05, 3.63) is 52.0 Å². The number of carbonyl (C=O) groups is 1. The van der Waals surface area contributed by atoms with Crippen LogP contribution in [0.15, 0.2) is 41.3 Å². The molecule has 0 atom stereocenters. The van der Waals surface area contributed by atoms with Gasteiger partial charge in [-0.2, -0.15) is 0 Å². The zero-order valence-corrected chi connectivity index (χ0v) is 17.6. The second-order valence-corrected chi connectivity index (χ2v) is 8.39. The van der Waals surface area contributed by atoms with Gasteiger partial charge in [-0.1, -0.05) is 29.3 Å². The van der Waals surface area contributed by atoms with E-state index in [1.54, 1.807) is 18.2 Å². The number of methoxy groups -OCH3 is 1. The summed E-state index contributed by atoms with van der Waals surface area (Å²) in [6.45, 7) is 1.92. The van der Waals surface area contributed by atoms with Gasteiger partial charge in [-0.3, -0.25) is 4.79 Å². The highest BCUT2D eigenvalue weighted by Crippen LogP contribution is 2.27. The van der Waals surface area contributed by atoms with E-state index in [2.05, 4.69) is 10.0 Å². The van der Waals surface area contributed by atoms with Gasteiger partial charge >= 0.3 is 0 Å². The summed E-state index contributed by atoms with van der Waals surface area (Å²) in [4.78, 5) is 12.1. The maximum Gasteiger partial charge on any atom is 0.262 e. The van der Waals surface area contributed by atoms with Crippen molar-refractivity contribution >= 4 is 44.8 Å². The first-order valence-electron chi connectivity index (χ1n) is 8.20. The number of ether oxygens (including phenoxy) is 2. The lowest BCUT2D eigenvalue weighted by atomic mass is 10.2. The lowest BCUT2D eigenvalue weighted by Gasteiger charge is -2.12. The van der Waals surface area contributed by atoms with E-state index in [4.69, 9.17) is 32.7 Å². The standard InChI is InChI=1S/C18H20Cl2N2O5S/c1-12-3-4-13(19)9-16(12)22-18(23)11-27-17-6-5-14(10-15(17)20)28(24,25)21-7-8-26-2/h3-6,9-10,21H,7-8,11H2,1-2H3,(H,22,23). The summed E-state index contributed by atoms with van der Waals surface area (Å²) in [5, 5.41) is 3.27. The molecule has 0 spiro atoms. The van der Waals surface area contributed by atoms with E-state index in [0.717, 1.165) is 5.56 Å². The molecule has 0 unspecified atom stereocenters. The molecule has 0 aliphatic heterocycles. The van der Waals surface area contributed by atoms with E-state index in [1.165, 1.54) is 25.3 Å². The van der Waals surface area contributed by atoms with Crippen molar-refractivity contribution in [2.75, 3.05) is 32.2 Å². The van der Waals surface area contributed by atoms with Crippen molar-refractivity contribution in [1.29, 1.82) is 0 Å². The Morgan fingerprint density at radius 3 is 2.57 bits per heavy atom. The molecule has 0 aliphatic carbocycles. The minimum atomic E-state index is -3.71. The second-order valence-electron chi connectivity index (χ2n) is 5.78. The fourth-order valence-electron chi connectivity index (χ4n) is 2.19. The Kier molecular flexibility index (Phi) is 8.09. The third kappa shape index (κ3) is 6.35. The van der Waals surface area contributed by atoms with Gasteiger partial charge in [0.15, 0.2) is 6.61 Å². The number of hydrogen-bond acceptors (Lipinski definition) is 5. The zero-order chi connectivity index (χ0) is 20.7. The normalized spacial score (nSPS) is 11.3. The molecule has 0 fully saturated rings. The Morgan fingerprint density at radius 1 is 1.14 bits per heavy atom. The molecule has 2 aromatic carbocycles. The van der Waals surface area contributed by atoms with E-state index >= 15 is 0 Å². The molecule has 28 heavy (non-hydrogen) atoms. The number of aryl methyl sites for hydroxylation is 1. The lowest BCUT2D eigenvalue weighted by Crippen LogP contribution is -2.27. The van der Waals surface area contributed by atoms with E-state index in [0.29, 0.717) is 10.7 Å². The van der Waals surface area contributed by atoms with Crippen LogP contribution in [0.5, 0.6) is 5.75 Å². The van der Waals surface area contributed by atoms with Crippen molar-refractivity contribution in [2.45, 2.75) is 11.8 Å². The van der Waals surface area contributed by atoms with Crippen molar-refractivity contribution in [3.8, 4) is 5.75 Å². The number of halogens is 2. The van der Waals surface area contributed by atoms with Crippen LogP contribution in [0, 0.1) is 6.92 Å². The monoisotopic (exact) mass is 446 g/mol. The number of amides is 1. The molecule has 7 nitrogen and oxygen atoms in total. The van der Waals surface area contributed by atoms with E-state index in [9.17, 15) is 13.2 Å². The first kappa shape index (κ1) is 22.4. The first-order chi connectivity index (χ1) is 13.2.